The van der Waals surface area contributed by atoms with E-state index >= 15 is 0 Å². The van der Waals surface area contributed by atoms with Crippen molar-refractivity contribution >= 4 is 51.7 Å². The third-order valence-electron chi connectivity index (χ3n) is 3.99. The molecule has 0 aliphatic rings. The first-order valence-electron chi connectivity index (χ1n) is 9.88. The van der Waals surface area contributed by atoms with Crippen LogP contribution in [0.15, 0.2) is 34.5 Å². The van der Waals surface area contributed by atoms with Crippen molar-refractivity contribution in [3.63, 3.8) is 0 Å². The summed E-state index contributed by atoms with van der Waals surface area (Å²) in [6, 6.07) is 7.42. The Labute approximate surface area is 185 Å². The SMILES string of the molecule is CCCCC(=O)Nc1ccc(SC(C)C(=O)Nc2nc(CC(=O)OCC)cs2)cc1. The van der Waals surface area contributed by atoms with E-state index in [4.69, 9.17) is 4.74 Å². The van der Waals surface area contributed by atoms with E-state index in [0.717, 1.165) is 23.4 Å². The lowest BCUT2D eigenvalue weighted by molar-refractivity contribution is -0.142. The van der Waals surface area contributed by atoms with Crippen molar-refractivity contribution in [1.29, 1.82) is 0 Å². The number of esters is 1. The molecule has 2 amide bonds. The number of hydrogen-bond acceptors (Lipinski definition) is 7. The van der Waals surface area contributed by atoms with Crippen LogP contribution in [0.1, 0.15) is 45.7 Å². The van der Waals surface area contributed by atoms with Crippen LogP contribution in [-0.2, 0) is 25.5 Å². The van der Waals surface area contributed by atoms with Crippen LogP contribution in [0.4, 0.5) is 10.8 Å². The smallest absolute Gasteiger partial charge is 0.311 e. The molecule has 0 radical (unpaired) electrons. The van der Waals surface area contributed by atoms with Crippen molar-refractivity contribution in [1.82, 2.24) is 4.98 Å². The standard InChI is InChI=1S/C21H27N3O4S2/c1-4-6-7-18(25)22-15-8-10-17(11-9-15)30-14(3)20(27)24-21-23-16(13-29-21)12-19(26)28-5-2/h8-11,13-14H,4-7,12H2,1-3H3,(H,22,25)(H,23,24,27). The molecule has 0 aliphatic heterocycles. The van der Waals surface area contributed by atoms with Crippen molar-refractivity contribution < 1.29 is 19.1 Å². The van der Waals surface area contributed by atoms with Gasteiger partial charge in [0.1, 0.15) is 0 Å². The van der Waals surface area contributed by atoms with Gasteiger partial charge in [-0.15, -0.1) is 23.1 Å². The predicted octanol–water partition coefficient (Wildman–Crippen LogP) is 4.50. The van der Waals surface area contributed by atoms with Crippen molar-refractivity contribution in [3.8, 4) is 0 Å². The topological polar surface area (TPSA) is 97.4 Å². The maximum absolute atomic E-state index is 12.4. The van der Waals surface area contributed by atoms with Crippen molar-refractivity contribution in [2.45, 2.75) is 56.6 Å². The summed E-state index contributed by atoms with van der Waals surface area (Å²) in [5.74, 6) is -0.501. The van der Waals surface area contributed by atoms with E-state index in [-0.39, 0.29) is 29.5 Å². The van der Waals surface area contributed by atoms with E-state index in [1.807, 2.05) is 38.1 Å². The van der Waals surface area contributed by atoms with E-state index in [9.17, 15) is 14.4 Å². The molecule has 2 aromatic rings. The second-order valence-electron chi connectivity index (χ2n) is 6.55. The minimum atomic E-state index is -0.340. The van der Waals surface area contributed by atoms with E-state index < -0.39 is 0 Å². The molecule has 1 aromatic carbocycles. The normalized spacial score (nSPS) is 11.6. The number of unbranched alkanes of at least 4 members (excludes halogenated alkanes) is 1. The third kappa shape index (κ3) is 8.16. The van der Waals surface area contributed by atoms with Gasteiger partial charge in [0.2, 0.25) is 11.8 Å². The number of rotatable bonds is 11. The first-order valence-corrected chi connectivity index (χ1v) is 11.6. The van der Waals surface area contributed by atoms with E-state index in [1.165, 1.54) is 23.1 Å². The van der Waals surface area contributed by atoms with Gasteiger partial charge in [0.15, 0.2) is 5.13 Å². The second-order valence-corrected chi connectivity index (χ2v) is 8.82. The molecule has 30 heavy (non-hydrogen) atoms. The Kier molecular flexibility index (Phi) is 9.82. The molecule has 7 nitrogen and oxygen atoms in total. The Morgan fingerprint density at radius 2 is 1.90 bits per heavy atom. The maximum Gasteiger partial charge on any atom is 0.311 e. The number of thiazole rings is 1. The van der Waals surface area contributed by atoms with Gasteiger partial charge in [0.25, 0.3) is 0 Å². The van der Waals surface area contributed by atoms with Crippen LogP contribution in [0.25, 0.3) is 0 Å². The van der Waals surface area contributed by atoms with Crippen molar-refractivity contribution in [2.75, 3.05) is 17.2 Å². The summed E-state index contributed by atoms with van der Waals surface area (Å²) in [5, 5.41) is 7.50. The number of amides is 2. The number of nitrogens with zero attached hydrogens (tertiary/aromatic N) is 1. The summed E-state index contributed by atoms with van der Waals surface area (Å²) in [6.07, 6.45) is 2.46. The fraction of sp³-hybridized carbons (Fsp3) is 0.429. The summed E-state index contributed by atoms with van der Waals surface area (Å²) in [4.78, 5) is 40.9. The molecule has 162 valence electrons. The summed E-state index contributed by atoms with van der Waals surface area (Å²) >= 11 is 2.69. The number of aromatic nitrogens is 1. The third-order valence-corrected chi connectivity index (χ3v) is 5.91. The largest absolute Gasteiger partial charge is 0.466 e. The van der Waals surface area contributed by atoms with Crippen LogP contribution in [0.3, 0.4) is 0 Å². The zero-order valence-electron chi connectivity index (χ0n) is 17.4. The van der Waals surface area contributed by atoms with Crippen molar-refractivity contribution in [2.24, 2.45) is 0 Å². The van der Waals surface area contributed by atoms with Crippen LogP contribution in [-0.4, -0.2) is 34.6 Å². The molecule has 1 heterocycles. The number of carbonyl (C=O) groups excluding carboxylic acids is 3. The molecule has 2 N–H and O–H groups in total. The Morgan fingerprint density at radius 3 is 2.57 bits per heavy atom. The highest BCUT2D eigenvalue weighted by molar-refractivity contribution is 8.00. The van der Waals surface area contributed by atoms with Gasteiger partial charge in [0, 0.05) is 22.4 Å². The fourth-order valence-corrected chi connectivity index (χ4v) is 4.03. The van der Waals surface area contributed by atoms with Gasteiger partial charge in [-0.1, -0.05) is 13.3 Å². The van der Waals surface area contributed by atoms with Gasteiger partial charge < -0.3 is 15.4 Å². The van der Waals surface area contributed by atoms with Crippen LogP contribution in [0.5, 0.6) is 0 Å². The Hall–Kier alpha value is -2.39. The molecule has 0 fully saturated rings. The number of anilines is 2. The lowest BCUT2D eigenvalue weighted by Gasteiger charge is -2.11. The van der Waals surface area contributed by atoms with E-state index in [0.29, 0.717) is 23.9 Å². The summed E-state index contributed by atoms with van der Waals surface area (Å²) in [7, 11) is 0. The lowest BCUT2D eigenvalue weighted by atomic mass is 10.2. The Bertz CT molecular complexity index is 852. The lowest BCUT2D eigenvalue weighted by Crippen LogP contribution is -2.22. The molecular formula is C21H27N3O4S2. The Morgan fingerprint density at radius 1 is 1.17 bits per heavy atom. The van der Waals surface area contributed by atoms with Gasteiger partial charge in [-0.2, -0.15) is 0 Å². The average molecular weight is 450 g/mol. The molecule has 2 rings (SSSR count). The summed E-state index contributed by atoms with van der Waals surface area (Å²) in [5.41, 5.74) is 1.32. The first-order chi connectivity index (χ1) is 14.4. The number of benzene rings is 1. The zero-order valence-corrected chi connectivity index (χ0v) is 19.0. The zero-order chi connectivity index (χ0) is 21.9. The molecule has 0 saturated carbocycles. The molecule has 0 saturated heterocycles. The number of thioether (sulfide) groups is 1. The highest BCUT2D eigenvalue weighted by atomic mass is 32.2. The first kappa shape index (κ1) is 23.9. The van der Waals surface area contributed by atoms with E-state index in [2.05, 4.69) is 15.6 Å². The molecule has 1 aromatic heterocycles. The molecular weight excluding hydrogens is 422 g/mol. The van der Waals surface area contributed by atoms with Gasteiger partial charge in [-0.25, -0.2) is 4.98 Å². The van der Waals surface area contributed by atoms with Crippen LogP contribution >= 0.6 is 23.1 Å². The number of carbonyl (C=O) groups is 3. The van der Waals surface area contributed by atoms with Crippen molar-refractivity contribution in [3.05, 3.63) is 35.3 Å². The summed E-state index contributed by atoms with van der Waals surface area (Å²) in [6.45, 7) is 5.94. The second kappa shape index (κ2) is 12.3. The highest BCUT2D eigenvalue weighted by Crippen LogP contribution is 2.26. The molecule has 0 bridgehead atoms. The van der Waals surface area contributed by atoms with Gasteiger partial charge in [-0.3, -0.25) is 14.4 Å². The average Bonchev–Trinajstić information content (AvgIpc) is 3.14. The number of nitrogens with one attached hydrogen (secondary N) is 2. The molecule has 1 atom stereocenters. The minimum Gasteiger partial charge on any atom is -0.466 e. The molecule has 0 spiro atoms. The molecule has 0 aliphatic carbocycles. The van der Waals surface area contributed by atoms with Crippen LogP contribution in [0, 0.1) is 0 Å². The van der Waals surface area contributed by atoms with Gasteiger partial charge >= 0.3 is 5.97 Å². The van der Waals surface area contributed by atoms with E-state index in [1.54, 1.807) is 12.3 Å². The Balaban J connectivity index is 1.83. The van der Waals surface area contributed by atoms with Crippen LogP contribution in [0.2, 0.25) is 0 Å². The highest BCUT2D eigenvalue weighted by Gasteiger charge is 2.17. The van der Waals surface area contributed by atoms with Gasteiger partial charge in [-0.05, 0) is 44.5 Å². The molecule has 1 unspecified atom stereocenters. The van der Waals surface area contributed by atoms with Crippen LogP contribution < -0.4 is 10.6 Å². The quantitative estimate of drug-likeness (QED) is 0.387. The summed E-state index contributed by atoms with van der Waals surface area (Å²) < 4.78 is 4.90. The van der Waals surface area contributed by atoms with Gasteiger partial charge in [0.05, 0.1) is 24.0 Å². The predicted molar refractivity (Wildman–Crippen MR) is 121 cm³/mol. The number of ether oxygens (including phenoxy) is 1. The minimum absolute atomic E-state index is 0.00997. The monoisotopic (exact) mass is 449 g/mol. The fourth-order valence-electron chi connectivity index (χ4n) is 2.45. The number of hydrogen-bond donors (Lipinski definition) is 2. The maximum atomic E-state index is 12.4. The molecule has 9 heteroatoms.